The number of amides is 6. The van der Waals surface area contributed by atoms with Crippen LogP contribution < -0.4 is 27.0 Å². The van der Waals surface area contributed by atoms with E-state index in [-0.39, 0.29) is 17.7 Å². The highest BCUT2D eigenvalue weighted by atomic mass is 16.6. The quantitative estimate of drug-likeness (QED) is 0.0286. The highest BCUT2D eigenvalue weighted by molar-refractivity contribution is 5.76. The van der Waals surface area contributed by atoms with Crippen LogP contribution in [-0.2, 0) is 28.5 Å². The SMILES string of the molecule is CC(CCCCC(C)CCCC(C)CCC(=O)NCCCCCCC(CN(CCCCNC(=O)OC(C)(C)C)C(=O)OC(C)(C)C)CN(CCCCNC(=O)OC(C)(C)C)C(=O)OC(C)(C)C)CCCC(C)CCC(=O)NCCN. The first-order chi connectivity index (χ1) is 37.3. The summed E-state index contributed by atoms with van der Waals surface area (Å²) in [6.07, 6.45) is 20.4. The molecule has 0 aliphatic heterocycles. The third kappa shape index (κ3) is 47.6. The summed E-state index contributed by atoms with van der Waals surface area (Å²) in [4.78, 5) is 80.4. The summed E-state index contributed by atoms with van der Waals surface area (Å²) in [7, 11) is 0. The standard InChI is InChI=1S/C63H123N7O10/c1-49(29-20-21-30-50(2)32-28-34-52(4)37-39-55(72)66-44-40-64)31-27-33-51(3)36-38-54(71)65-41-22-18-17-19-35-53(47-69(58(75)79-62(11,12)13)45-25-23-42-67-56(73)77-60(5,6)7)48-70(59(76)80-63(14,15)16)46-26-24-43-68-57(74)78-61(8,9)10/h49-53H,17-48,64H2,1-16H3,(H,65,71)(H,66,72)(H,67,73)(H,68,74). The number of hydrogen-bond acceptors (Lipinski definition) is 11. The Morgan fingerprint density at radius 3 is 1.06 bits per heavy atom. The first kappa shape index (κ1) is 76.0. The minimum absolute atomic E-state index is 0.114. The molecule has 0 rings (SSSR count). The number of unbranched alkanes of at least 4 members (excludes halogenated alkanes) is 6. The molecule has 0 radical (unpaired) electrons. The van der Waals surface area contributed by atoms with Gasteiger partial charge in [-0.25, -0.2) is 19.2 Å². The lowest BCUT2D eigenvalue weighted by Gasteiger charge is -2.34. The zero-order valence-corrected chi connectivity index (χ0v) is 54.1. The van der Waals surface area contributed by atoms with Crippen molar-refractivity contribution < 1.29 is 47.7 Å². The van der Waals surface area contributed by atoms with Crippen molar-refractivity contribution in [3.8, 4) is 0 Å². The summed E-state index contributed by atoms with van der Waals surface area (Å²) >= 11 is 0. The molecule has 0 aromatic rings. The van der Waals surface area contributed by atoms with Crippen LogP contribution in [0.15, 0.2) is 0 Å². The number of carbonyl (C=O) groups is 6. The van der Waals surface area contributed by atoms with Crippen molar-refractivity contribution in [1.29, 1.82) is 0 Å². The topological polar surface area (TPSA) is 220 Å². The second-order valence-corrected chi connectivity index (χ2v) is 27.3. The van der Waals surface area contributed by atoms with Crippen LogP contribution in [-0.4, -0.2) is 127 Å². The molecule has 470 valence electrons. The van der Waals surface area contributed by atoms with E-state index >= 15 is 0 Å². The number of ether oxygens (including phenoxy) is 4. The number of nitrogens with two attached hydrogens (primary N) is 1. The summed E-state index contributed by atoms with van der Waals surface area (Å²) in [6, 6.07) is 0. The zero-order chi connectivity index (χ0) is 60.8. The molecule has 0 saturated heterocycles. The molecule has 17 nitrogen and oxygen atoms in total. The average molecular weight is 1140 g/mol. The van der Waals surface area contributed by atoms with Crippen LogP contribution in [0.2, 0.25) is 0 Å². The van der Waals surface area contributed by atoms with E-state index in [0.717, 1.165) is 63.2 Å². The van der Waals surface area contributed by atoms with Gasteiger partial charge in [0, 0.05) is 71.7 Å². The van der Waals surface area contributed by atoms with Crippen LogP contribution in [0, 0.1) is 29.6 Å². The van der Waals surface area contributed by atoms with Gasteiger partial charge in [0.25, 0.3) is 0 Å². The van der Waals surface area contributed by atoms with E-state index in [9.17, 15) is 28.8 Å². The van der Waals surface area contributed by atoms with Crippen LogP contribution in [0.5, 0.6) is 0 Å². The molecule has 0 aromatic heterocycles. The Morgan fingerprint density at radius 1 is 0.375 bits per heavy atom. The predicted octanol–water partition coefficient (Wildman–Crippen LogP) is 13.8. The van der Waals surface area contributed by atoms with Crippen LogP contribution in [0.4, 0.5) is 19.2 Å². The smallest absolute Gasteiger partial charge is 0.410 e. The lowest BCUT2D eigenvalue weighted by atomic mass is 9.90. The van der Waals surface area contributed by atoms with E-state index in [2.05, 4.69) is 49.0 Å². The van der Waals surface area contributed by atoms with E-state index in [1.54, 1.807) is 9.80 Å². The Labute approximate surface area is 488 Å². The summed E-state index contributed by atoms with van der Waals surface area (Å²) in [5.41, 5.74) is 2.82. The third-order valence-corrected chi connectivity index (χ3v) is 13.8. The van der Waals surface area contributed by atoms with Gasteiger partial charge in [-0.3, -0.25) is 9.59 Å². The molecule has 0 bridgehead atoms. The molecule has 80 heavy (non-hydrogen) atoms. The number of rotatable bonds is 42. The Balaban J connectivity index is 5.26. The van der Waals surface area contributed by atoms with Gasteiger partial charge in [-0.1, -0.05) is 111 Å². The van der Waals surface area contributed by atoms with E-state index in [0.29, 0.717) is 109 Å². The number of nitrogens with one attached hydrogen (secondary N) is 4. The first-order valence-corrected chi connectivity index (χ1v) is 31.4. The summed E-state index contributed by atoms with van der Waals surface area (Å²) in [5.74, 6) is 2.68. The zero-order valence-electron chi connectivity index (χ0n) is 54.1. The molecule has 0 saturated carbocycles. The molecule has 0 spiro atoms. The van der Waals surface area contributed by atoms with Gasteiger partial charge in [0.2, 0.25) is 11.8 Å². The average Bonchev–Trinajstić information content (AvgIpc) is 3.32. The highest BCUT2D eigenvalue weighted by Crippen LogP contribution is 2.25. The maximum Gasteiger partial charge on any atom is 0.410 e. The van der Waals surface area contributed by atoms with Crippen molar-refractivity contribution in [3.63, 3.8) is 0 Å². The normalized spacial score (nSPS) is 13.6. The molecule has 0 aliphatic rings. The summed E-state index contributed by atoms with van der Waals surface area (Å²) < 4.78 is 22.6. The molecule has 0 aliphatic carbocycles. The molecule has 6 amide bonds. The van der Waals surface area contributed by atoms with Crippen molar-refractivity contribution in [1.82, 2.24) is 31.1 Å². The van der Waals surface area contributed by atoms with Crippen molar-refractivity contribution in [2.75, 3.05) is 58.9 Å². The molecule has 6 N–H and O–H groups in total. The fourth-order valence-corrected chi connectivity index (χ4v) is 9.37. The van der Waals surface area contributed by atoms with Gasteiger partial charge in [0.1, 0.15) is 22.4 Å². The predicted molar refractivity (Wildman–Crippen MR) is 325 cm³/mol. The Hall–Kier alpha value is -4.02. The monoisotopic (exact) mass is 1140 g/mol. The summed E-state index contributed by atoms with van der Waals surface area (Å²) in [5, 5.41) is 11.6. The van der Waals surface area contributed by atoms with Gasteiger partial charge in [-0.15, -0.1) is 0 Å². The highest BCUT2D eigenvalue weighted by Gasteiger charge is 2.29. The Kier molecular flexibility index (Phi) is 39.8. The maximum absolute atomic E-state index is 13.8. The largest absolute Gasteiger partial charge is 0.444 e. The van der Waals surface area contributed by atoms with Crippen LogP contribution >= 0.6 is 0 Å². The number of carbonyl (C=O) groups excluding carboxylic acids is 6. The first-order valence-electron chi connectivity index (χ1n) is 31.4. The number of nitrogens with zero attached hydrogens (tertiary/aromatic N) is 2. The van der Waals surface area contributed by atoms with Crippen LogP contribution in [0.25, 0.3) is 0 Å². The molecule has 17 heteroatoms. The molecule has 4 atom stereocenters. The Morgan fingerprint density at radius 2 is 0.688 bits per heavy atom. The lowest BCUT2D eigenvalue weighted by molar-refractivity contribution is -0.122. The van der Waals surface area contributed by atoms with E-state index in [4.69, 9.17) is 24.7 Å². The number of hydrogen-bond donors (Lipinski definition) is 5. The van der Waals surface area contributed by atoms with Gasteiger partial charge in [0.05, 0.1) is 0 Å². The lowest BCUT2D eigenvalue weighted by Crippen LogP contribution is -2.45. The van der Waals surface area contributed by atoms with Gasteiger partial charge in [-0.2, -0.15) is 0 Å². The minimum atomic E-state index is -0.721. The van der Waals surface area contributed by atoms with E-state index in [1.807, 2.05) is 83.1 Å². The third-order valence-electron chi connectivity index (χ3n) is 13.8. The fourth-order valence-electron chi connectivity index (χ4n) is 9.37. The van der Waals surface area contributed by atoms with Crippen molar-refractivity contribution in [2.24, 2.45) is 35.3 Å². The fraction of sp³-hybridized carbons (Fsp3) is 0.905. The van der Waals surface area contributed by atoms with Crippen LogP contribution in [0.3, 0.4) is 0 Å². The van der Waals surface area contributed by atoms with Gasteiger partial charge in [0.15, 0.2) is 0 Å². The molecule has 0 aromatic carbocycles. The van der Waals surface area contributed by atoms with Gasteiger partial charge < -0.3 is 55.7 Å². The Bertz CT molecular complexity index is 1620. The molecule has 0 fully saturated rings. The molecular weight excluding hydrogens is 1010 g/mol. The van der Waals surface area contributed by atoms with Crippen LogP contribution in [0.1, 0.15) is 258 Å². The molecular formula is C63H123N7O10. The van der Waals surface area contributed by atoms with Crippen molar-refractivity contribution in [3.05, 3.63) is 0 Å². The number of alkyl carbamates (subject to hydrolysis) is 2. The second-order valence-electron chi connectivity index (χ2n) is 27.3. The van der Waals surface area contributed by atoms with E-state index in [1.165, 1.54) is 57.8 Å². The molecule has 0 heterocycles. The van der Waals surface area contributed by atoms with Gasteiger partial charge >= 0.3 is 24.4 Å². The summed E-state index contributed by atoms with van der Waals surface area (Å²) in [6.45, 7) is 35.2. The second kappa shape index (κ2) is 41.9. The van der Waals surface area contributed by atoms with Crippen molar-refractivity contribution in [2.45, 2.75) is 281 Å². The maximum atomic E-state index is 13.8. The van der Waals surface area contributed by atoms with Crippen molar-refractivity contribution >= 4 is 36.2 Å². The van der Waals surface area contributed by atoms with E-state index < -0.39 is 46.8 Å². The van der Waals surface area contributed by atoms with Gasteiger partial charge in [-0.05, 0) is 164 Å². The molecule has 4 unspecified atom stereocenters. The minimum Gasteiger partial charge on any atom is -0.444 e.